The molecule has 0 unspecified atom stereocenters. The lowest BCUT2D eigenvalue weighted by Gasteiger charge is -2.12. The number of nitrogens with one attached hydrogen (secondary N) is 1. The normalized spacial score (nSPS) is 15.5. The standard InChI is InChI=1S/C20H25N3O11/c24-13(2-1-10-32-19(30)12-22-15(26)5-6-16(22)27)3-4-14(25)21-9-11-33-20(31)34-23-17(28)7-8-18(23)29/h1-12H2,(H,21,25). The maximum atomic E-state index is 11.8. The van der Waals surface area contributed by atoms with Crippen molar-refractivity contribution in [2.24, 2.45) is 0 Å². The highest BCUT2D eigenvalue weighted by molar-refractivity contribution is 6.04. The SMILES string of the molecule is O=C(CCCOC(=O)CN1C(=O)CCC1=O)CCC(=O)NCCOC(=O)ON1C(=O)CCC1=O. The van der Waals surface area contributed by atoms with E-state index in [0.717, 1.165) is 4.90 Å². The van der Waals surface area contributed by atoms with Gasteiger partial charge >= 0.3 is 12.1 Å². The molecule has 0 aromatic heterocycles. The number of amides is 5. The molecule has 0 radical (unpaired) electrons. The molecule has 0 aromatic rings. The number of Topliss-reactive ketones (excluding diaryl/α,β-unsaturated/α-hetero) is 1. The van der Waals surface area contributed by atoms with E-state index in [-0.39, 0.29) is 76.9 Å². The van der Waals surface area contributed by atoms with Crippen molar-refractivity contribution in [2.75, 3.05) is 26.3 Å². The minimum Gasteiger partial charge on any atom is -0.464 e. The Labute approximate surface area is 193 Å². The summed E-state index contributed by atoms with van der Waals surface area (Å²) < 4.78 is 9.55. The van der Waals surface area contributed by atoms with Crippen molar-refractivity contribution in [1.82, 2.24) is 15.3 Å². The zero-order valence-electron chi connectivity index (χ0n) is 18.4. The Balaban J connectivity index is 1.47. The monoisotopic (exact) mass is 483 g/mol. The molecule has 0 atom stereocenters. The van der Waals surface area contributed by atoms with Gasteiger partial charge in [-0.15, -0.1) is 0 Å². The van der Waals surface area contributed by atoms with Gasteiger partial charge in [-0.1, -0.05) is 5.06 Å². The highest BCUT2D eigenvalue weighted by Gasteiger charge is 2.33. The molecule has 2 fully saturated rings. The summed E-state index contributed by atoms with van der Waals surface area (Å²) in [7, 11) is 0. The van der Waals surface area contributed by atoms with E-state index < -0.39 is 48.2 Å². The molecule has 5 amide bonds. The molecule has 0 bridgehead atoms. The summed E-state index contributed by atoms with van der Waals surface area (Å²) in [5, 5.41) is 2.76. The molecule has 14 nitrogen and oxygen atoms in total. The lowest BCUT2D eigenvalue weighted by Crippen LogP contribution is -2.35. The van der Waals surface area contributed by atoms with Crippen LogP contribution >= 0.6 is 0 Å². The number of esters is 1. The molecule has 2 rings (SSSR count). The summed E-state index contributed by atoms with van der Waals surface area (Å²) in [6.07, 6.45) is -1.03. The number of rotatable bonds is 13. The second-order valence-electron chi connectivity index (χ2n) is 7.36. The second-order valence-corrected chi connectivity index (χ2v) is 7.36. The van der Waals surface area contributed by atoms with Gasteiger partial charge in [-0.25, -0.2) is 4.79 Å². The Morgan fingerprint density at radius 2 is 1.38 bits per heavy atom. The molecular weight excluding hydrogens is 458 g/mol. The third kappa shape index (κ3) is 8.60. The van der Waals surface area contributed by atoms with Crippen LogP contribution in [0.25, 0.3) is 0 Å². The summed E-state index contributed by atoms with van der Waals surface area (Å²) >= 11 is 0. The molecule has 0 aromatic carbocycles. The van der Waals surface area contributed by atoms with E-state index in [2.05, 4.69) is 14.9 Å². The molecule has 0 saturated carbocycles. The summed E-state index contributed by atoms with van der Waals surface area (Å²) in [6, 6.07) is 0. The van der Waals surface area contributed by atoms with Crippen LogP contribution in [0.3, 0.4) is 0 Å². The largest absolute Gasteiger partial charge is 0.534 e. The van der Waals surface area contributed by atoms with Crippen molar-refractivity contribution < 1.29 is 52.7 Å². The van der Waals surface area contributed by atoms with E-state index in [9.17, 15) is 38.4 Å². The predicted molar refractivity (Wildman–Crippen MR) is 107 cm³/mol. The first-order valence-electron chi connectivity index (χ1n) is 10.6. The fraction of sp³-hybridized carbons (Fsp3) is 0.600. The molecule has 2 aliphatic heterocycles. The minimum atomic E-state index is -1.26. The highest BCUT2D eigenvalue weighted by atomic mass is 16.8. The smallest absolute Gasteiger partial charge is 0.464 e. The van der Waals surface area contributed by atoms with Gasteiger partial charge in [0.2, 0.25) is 17.7 Å². The van der Waals surface area contributed by atoms with Gasteiger partial charge in [0.15, 0.2) is 0 Å². The zero-order chi connectivity index (χ0) is 25.1. The number of ketones is 1. The number of ether oxygens (including phenoxy) is 2. The van der Waals surface area contributed by atoms with Crippen molar-refractivity contribution >= 4 is 47.4 Å². The summed E-state index contributed by atoms with van der Waals surface area (Å²) in [6.45, 7) is -0.840. The number of hydrogen-bond acceptors (Lipinski definition) is 11. The molecule has 2 saturated heterocycles. The van der Waals surface area contributed by atoms with Crippen molar-refractivity contribution in [1.29, 1.82) is 0 Å². The zero-order valence-corrected chi connectivity index (χ0v) is 18.4. The average Bonchev–Trinajstić information content (AvgIpc) is 3.28. The fourth-order valence-corrected chi connectivity index (χ4v) is 2.98. The number of carbonyl (C=O) groups is 8. The molecule has 0 aliphatic carbocycles. The van der Waals surface area contributed by atoms with Crippen molar-refractivity contribution in [3.05, 3.63) is 0 Å². The third-order valence-corrected chi connectivity index (χ3v) is 4.75. The maximum absolute atomic E-state index is 11.8. The van der Waals surface area contributed by atoms with Gasteiger partial charge < -0.3 is 14.8 Å². The number of carbonyl (C=O) groups excluding carboxylic acids is 8. The van der Waals surface area contributed by atoms with Crippen LogP contribution in [0.15, 0.2) is 0 Å². The summed E-state index contributed by atoms with van der Waals surface area (Å²) in [5.41, 5.74) is 0. The Bertz CT molecular complexity index is 768. The van der Waals surface area contributed by atoms with Gasteiger partial charge in [0.1, 0.15) is 18.9 Å². The van der Waals surface area contributed by atoms with Gasteiger partial charge in [0.25, 0.3) is 11.8 Å². The lowest BCUT2D eigenvalue weighted by atomic mass is 10.1. The van der Waals surface area contributed by atoms with Crippen molar-refractivity contribution in [2.45, 2.75) is 51.4 Å². The van der Waals surface area contributed by atoms with E-state index in [1.54, 1.807) is 0 Å². The molecule has 14 heteroatoms. The van der Waals surface area contributed by atoms with Gasteiger partial charge in [0, 0.05) is 44.9 Å². The van der Waals surface area contributed by atoms with Gasteiger partial charge in [-0.2, -0.15) is 0 Å². The van der Waals surface area contributed by atoms with E-state index in [4.69, 9.17) is 4.74 Å². The number of hydrogen-bond donors (Lipinski definition) is 1. The van der Waals surface area contributed by atoms with Crippen LogP contribution in [0, 0.1) is 0 Å². The molecule has 2 aliphatic rings. The van der Waals surface area contributed by atoms with E-state index >= 15 is 0 Å². The first kappa shape index (κ1) is 26.4. The number of nitrogens with zero attached hydrogens (tertiary/aromatic N) is 2. The van der Waals surface area contributed by atoms with E-state index in [0.29, 0.717) is 5.06 Å². The number of hydroxylamine groups is 2. The van der Waals surface area contributed by atoms with Crippen LogP contribution in [-0.2, 0) is 47.9 Å². The highest BCUT2D eigenvalue weighted by Crippen LogP contribution is 2.13. The third-order valence-electron chi connectivity index (χ3n) is 4.75. The Hall–Kier alpha value is -3.84. The molecule has 1 N–H and O–H groups in total. The quantitative estimate of drug-likeness (QED) is 0.195. The van der Waals surface area contributed by atoms with Crippen LogP contribution in [0.1, 0.15) is 51.4 Å². The summed E-state index contributed by atoms with van der Waals surface area (Å²) in [5.74, 6) is -3.55. The van der Waals surface area contributed by atoms with Crippen molar-refractivity contribution in [3.63, 3.8) is 0 Å². The van der Waals surface area contributed by atoms with Crippen LogP contribution in [0.2, 0.25) is 0 Å². The topological polar surface area (TPSA) is 183 Å². The lowest BCUT2D eigenvalue weighted by molar-refractivity contribution is -0.177. The second kappa shape index (κ2) is 13.0. The number of likely N-dealkylation sites (tertiary alicyclic amines) is 1. The first-order valence-corrected chi connectivity index (χ1v) is 10.6. The average molecular weight is 483 g/mol. The summed E-state index contributed by atoms with van der Waals surface area (Å²) in [4.78, 5) is 97.4. The first-order chi connectivity index (χ1) is 16.2. The fourth-order valence-electron chi connectivity index (χ4n) is 2.98. The van der Waals surface area contributed by atoms with Crippen LogP contribution in [-0.4, -0.2) is 83.7 Å². The molecular formula is C20H25N3O11. The van der Waals surface area contributed by atoms with Gasteiger partial charge in [-0.3, -0.25) is 43.3 Å². The van der Waals surface area contributed by atoms with Crippen molar-refractivity contribution in [3.8, 4) is 0 Å². The van der Waals surface area contributed by atoms with Crippen LogP contribution in [0.5, 0.6) is 0 Å². The predicted octanol–water partition coefficient (Wildman–Crippen LogP) is -0.858. The Morgan fingerprint density at radius 1 is 0.765 bits per heavy atom. The molecule has 0 spiro atoms. The van der Waals surface area contributed by atoms with E-state index in [1.165, 1.54) is 0 Å². The Kier molecular flexibility index (Phi) is 10.1. The van der Waals surface area contributed by atoms with E-state index in [1.807, 2.05) is 0 Å². The molecule has 186 valence electrons. The van der Waals surface area contributed by atoms with Gasteiger partial charge in [0.05, 0.1) is 13.2 Å². The molecule has 2 heterocycles. The van der Waals surface area contributed by atoms with Crippen LogP contribution in [0.4, 0.5) is 4.79 Å². The van der Waals surface area contributed by atoms with Gasteiger partial charge in [-0.05, 0) is 6.42 Å². The number of imide groups is 2. The van der Waals surface area contributed by atoms with Crippen LogP contribution < -0.4 is 5.32 Å². The maximum Gasteiger partial charge on any atom is 0.534 e. The Morgan fingerprint density at radius 3 is 2.03 bits per heavy atom. The minimum absolute atomic E-state index is 0.0430. The molecule has 34 heavy (non-hydrogen) atoms.